The van der Waals surface area contributed by atoms with E-state index in [4.69, 9.17) is 4.74 Å². The summed E-state index contributed by atoms with van der Waals surface area (Å²) in [5.74, 6) is 1.16. The molecule has 7 nitrogen and oxygen atoms in total. The molecule has 0 amide bonds. The second-order valence-corrected chi connectivity index (χ2v) is 9.69. The maximum atomic E-state index is 12.8. The SMILES string of the molecule is Cc1ccc(S(=O)(=O)N2CCCC(Oc3ccc(N(C)C)nn3)C2)s1. The van der Waals surface area contributed by atoms with E-state index < -0.39 is 10.0 Å². The van der Waals surface area contributed by atoms with E-state index in [0.717, 1.165) is 23.5 Å². The molecule has 0 radical (unpaired) electrons. The van der Waals surface area contributed by atoms with Gasteiger partial charge in [-0.2, -0.15) is 4.31 Å². The maximum Gasteiger partial charge on any atom is 0.252 e. The van der Waals surface area contributed by atoms with Gasteiger partial charge in [-0.25, -0.2) is 8.42 Å². The number of sulfonamides is 1. The molecule has 25 heavy (non-hydrogen) atoms. The second kappa shape index (κ2) is 7.27. The van der Waals surface area contributed by atoms with Crippen LogP contribution in [0.3, 0.4) is 0 Å². The summed E-state index contributed by atoms with van der Waals surface area (Å²) in [5.41, 5.74) is 0. The topological polar surface area (TPSA) is 75.6 Å². The number of hydrogen-bond donors (Lipinski definition) is 0. The molecule has 3 rings (SSSR count). The molecule has 0 saturated carbocycles. The number of aromatic nitrogens is 2. The molecule has 9 heteroatoms. The van der Waals surface area contributed by atoms with Gasteiger partial charge < -0.3 is 9.64 Å². The highest BCUT2D eigenvalue weighted by molar-refractivity contribution is 7.91. The van der Waals surface area contributed by atoms with Crippen molar-refractivity contribution in [3.8, 4) is 5.88 Å². The van der Waals surface area contributed by atoms with Gasteiger partial charge in [0, 0.05) is 31.6 Å². The standard InChI is InChI=1S/C16H22N4O3S2/c1-12-6-9-16(24-12)25(21,22)20-10-4-5-13(11-20)23-15-8-7-14(17-18-15)19(2)3/h6-9,13H,4-5,10-11H2,1-3H3. The summed E-state index contributed by atoms with van der Waals surface area (Å²) in [6.07, 6.45) is 1.34. The number of rotatable bonds is 5. The van der Waals surface area contributed by atoms with Crippen LogP contribution in [-0.4, -0.2) is 56.2 Å². The number of thiophene rings is 1. The van der Waals surface area contributed by atoms with Crippen LogP contribution < -0.4 is 9.64 Å². The molecule has 1 atom stereocenters. The average molecular weight is 383 g/mol. The fraction of sp³-hybridized carbons (Fsp3) is 0.500. The first-order valence-corrected chi connectivity index (χ1v) is 10.4. The zero-order valence-corrected chi connectivity index (χ0v) is 16.2. The van der Waals surface area contributed by atoms with Gasteiger partial charge in [0.05, 0.1) is 6.54 Å². The molecular formula is C16H22N4O3S2. The monoisotopic (exact) mass is 382 g/mol. The normalized spacial score (nSPS) is 18.9. The Labute approximate surface area is 152 Å². The molecule has 1 unspecified atom stereocenters. The fourth-order valence-electron chi connectivity index (χ4n) is 2.68. The summed E-state index contributed by atoms with van der Waals surface area (Å²) in [4.78, 5) is 2.84. The summed E-state index contributed by atoms with van der Waals surface area (Å²) >= 11 is 1.30. The Balaban J connectivity index is 1.68. The van der Waals surface area contributed by atoms with Crippen molar-refractivity contribution in [1.82, 2.24) is 14.5 Å². The average Bonchev–Trinajstić information content (AvgIpc) is 3.03. The summed E-state index contributed by atoms with van der Waals surface area (Å²) < 4.78 is 33.3. The van der Waals surface area contributed by atoms with E-state index in [1.54, 1.807) is 12.1 Å². The summed E-state index contributed by atoms with van der Waals surface area (Å²) in [6, 6.07) is 7.09. The van der Waals surface area contributed by atoms with Crippen LogP contribution in [0.15, 0.2) is 28.5 Å². The van der Waals surface area contributed by atoms with Gasteiger partial charge in [0.2, 0.25) is 5.88 Å². The zero-order valence-electron chi connectivity index (χ0n) is 14.5. The summed E-state index contributed by atoms with van der Waals surface area (Å²) in [5, 5.41) is 8.15. The third-order valence-corrected chi connectivity index (χ3v) is 7.36. The molecule has 0 aliphatic carbocycles. The van der Waals surface area contributed by atoms with Crippen molar-refractivity contribution in [2.24, 2.45) is 0 Å². The minimum Gasteiger partial charge on any atom is -0.472 e. The first-order chi connectivity index (χ1) is 11.9. The van der Waals surface area contributed by atoms with Gasteiger partial charge in [-0.05, 0) is 38.0 Å². The van der Waals surface area contributed by atoms with Gasteiger partial charge in [-0.1, -0.05) is 0 Å². The lowest BCUT2D eigenvalue weighted by molar-refractivity contribution is 0.123. The molecule has 2 aromatic heterocycles. The van der Waals surface area contributed by atoms with Crippen LogP contribution in [0.5, 0.6) is 5.88 Å². The van der Waals surface area contributed by atoms with Gasteiger partial charge in [0.15, 0.2) is 5.82 Å². The highest BCUT2D eigenvalue weighted by Crippen LogP contribution is 2.27. The minimum absolute atomic E-state index is 0.218. The number of aryl methyl sites for hydroxylation is 1. The van der Waals surface area contributed by atoms with Crippen LogP contribution in [0.25, 0.3) is 0 Å². The van der Waals surface area contributed by atoms with Gasteiger partial charge in [0.25, 0.3) is 10.0 Å². The van der Waals surface area contributed by atoms with Gasteiger partial charge in [-0.15, -0.1) is 21.5 Å². The third kappa shape index (κ3) is 4.10. The van der Waals surface area contributed by atoms with Crippen LogP contribution in [0, 0.1) is 6.92 Å². The Morgan fingerprint density at radius 1 is 1.24 bits per heavy atom. The summed E-state index contributed by atoms with van der Waals surface area (Å²) in [7, 11) is 0.324. The van der Waals surface area contributed by atoms with Crippen molar-refractivity contribution >= 4 is 27.2 Å². The minimum atomic E-state index is -3.46. The molecule has 0 N–H and O–H groups in total. The highest BCUT2D eigenvalue weighted by atomic mass is 32.2. The van der Waals surface area contributed by atoms with E-state index in [-0.39, 0.29) is 6.10 Å². The smallest absolute Gasteiger partial charge is 0.252 e. The van der Waals surface area contributed by atoms with E-state index in [0.29, 0.717) is 23.2 Å². The Morgan fingerprint density at radius 3 is 2.64 bits per heavy atom. The Bertz CT molecular complexity index is 818. The molecule has 2 aromatic rings. The van der Waals surface area contributed by atoms with E-state index in [1.807, 2.05) is 38.1 Å². The van der Waals surface area contributed by atoms with Crippen LogP contribution in [0.2, 0.25) is 0 Å². The van der Waals surface area contributed by atoms with Crippen molar-refractivity contribution in [2.45, 2.75) is 30.1 Å². The predicted molar refractivity (Wildman–Crippen MR) is 97.8 cm³/mol. The van der Waals surface area contributed by atoms with E-state index >= 15 is 0 Å². The molecule has 136 valence electrons. The number of hydrogen-bond acceptors (Lipinski definition) is 7. The molecular weight excluding hydrogens is 360 g/mol. The number of anilines is 1. The molecule has 1 fully saturated rings. The van der Waals surface area contributed by atoms with Crippen molar-refractivity contribution in [3.05, 3.63) is 29.1 Å². The number of nitrogens with zero attached hydrogens (tertiary/aromatic N) is 4. The Morgan fingerprint density at radius 2 is 2.04 bits per heavy atom. The van der Waals surface area contributed by atoms with Crippen LogP contribution in [0.4, 0.5) is 5.82 Å². The quantitative estimate of drug-likeness (QED) is 0.789. The lowest BCUT2D eigenvalue weighted by Gasteiger charge is -2.31. The number of ether oxygens (including phenoxy) is 1. The molecule has 1 aliphatic rings. The van der Waals surface area contributed by atoms with Crippen LogP contribution in [0.1, 0.15) is 17.7 Å². The van der Waals surface area contributed by atoms with Gasteiger partial charge >= 0.3 is 0 Å². The molecule has 0 spiro atoms. The van der Waals surface area contributed by atoms with Crippen LogP contribution in [-0.2, 0) is 10.0 Å². The van der Waals surface area contributed by atoms with Crippen LogP contribution >= 0.6 is 11.3 Å². The molecule has 3 heterocycles. The van der Waals surface area contributed by atoms with Gasteiger partial charge in [-0.3, -0.25) is 0 Å². The molecule has 1 saturated heterocycles. The Kier molecular flexibility index (Phi) is 5.26. The lowest BCUT2D eigenvalue weighted by atomic mass is 10.1. The molecule has 0 bridgehead atoms. The van der Waals surface area contributed by atoms with E-state index in [1.165, 1.54) is 15.6 Å². The second-order valence-electron chi connectivity index (χ2n) is 6.23. The van der Waals surface area contributed by atoms with Crippen molar-refractivity contribution in [1.29, 1.82) is 0 Å². The number of piperidine rings is 1. The fourth-order valence-corrected chi connectivity index (χ4v) is 5.63. The van der Waals surface area contributed by atoms with E-state index in [2.05, 4.69) is 10.2 Å². The first-order valence-electron chi connectivity index (χ1n) is 8.10. The Hall–Kier alpha value is -1.71. The molecule has 1 aliphatic heterocycles. The third-order valence-electron chi connectivity index (χ3n) is 4.02. The largest absolute Gasteiger partial charge is 0.472 e. The predicted octanol–water partition coefficient (Wildman–Crippen LogP) is 2.14. The van der Waals surface area contributed by atoms with E-state index in [9.17, 15) is 8.42 Å². The summed E-state index contributed by atoms with van der Waals surface area (Å²) in [6.45, 7) is 2.75. The highest BCUT2D eigenvalue weighted by Gasteiger charge is 2.32. The zero-order chi connectivity index (χ0) is 18.0. The lowest BCUT2D eigenvalue weighted by Crippen LogP contribution is -2.44. The molecule has 0 aromatic carbocycles. The first kappa shape index (κ1) is 18.1. The van der Waals surface area contributed by atoms with Crippen molar-refractivity contribution in [3.63, 3.8) is 0 Å². The maximum absolute atomic E-state index is 12.8. The van der Waals surface area contributed by atoms with Crippen molar-refractivity contribution in [2.75, 3.05) is 32.1 Å². The van der Waals surface area contributed by atoms with Gasteiger partial charge in [0.1, 0.15) is 10.3 Å². The van der Waals surface area contributed by atoms with Crippen molar-refractivity contribution < 1.29 is 13.2 Å².